The number of hydrogen-bond donors (Lipinski definition) is 1. The number of ether oxygens (including phenoxy) is 2. The van der Waals surface area contributed by atoms with E-state index in [1.807, 2.05) is 32.0 Å². The van der Waals surface area contributed by atoms with E-state index in [1.54, 1.807) is 6.92 Å². The first-order valence-electron chi connectivity index (χ1n) is 5.95. The van der Waals surface area contributed by atoms with Crippen LogP contribution in [0.4, 0.5) is 0 Å². The molecule has 0 aliphatic heterocycles. The number of carbonyl (C=O) groups is 1. The average Bonchev–Trinajstić information content (AvgIpc) is 2.32. The van der Waals surface area contributed by atoms with Crippen LogP contribution in [0, 0.1) is 19.3 Å². The van der Waals surface area contributed by atoms with Crippen molar-refractivity contribution in [3.8, 4) is 0 Å². The Hall–Kier alpha value is -1.55. The number of hydrogen-bond acceptors (Lipinski definition) is 4. The summed E-state index contributed by atoms with van der Waals surface area (Å²) in [6.45, 7) is 6.04. The van der Waals surface area contributed by atoms with Gasteiger partial charge in [0.15, 0.2) is 6.61 Å². The molecule has 0 saturated carbocycles. The Bertz CT molecular complexity index is 446. The molecule has 0 saturated heterocycles. The van der Waals surface area contributed by atoms with Gasteiger partial charge in [0.1, 0.15) is 0 Å². The van der Waals surface area contributed by atoms with Gasteiger partial charge in [-0.15, -0.1) is 12.4 Å². The zero-order valence-corrected chi connectivity index (χ0v) is 12.3. The number of nitrogens with one attached hydrogen (secondary N) is 1. The molecule has 1 rings (SSSR count). The van der Waals surface area contributed by atoms with Crippen LogP contribution >= 0.6 is 12.4 Å². The average molecular weight is 286 g/mol. The number of esters is 1. The molecule has 106 valence electrons. The molecule has 5 heteroatoms. The Morgan fingerprint density at radius 3 is 2.58 bits per heavy atom. The SMILES string of the molecule is CCOC(=N)COC(=O)Cc1cc(C)ccc1C.Cl. The lowest BCUT2D eigenvalue weighted by Crippen LogP contribution is -2.17. The second-order valence-corrected chi connectivity index (χ2v) is 4.12. The summed E-state index contributed by atoms with van der Waals surface area (Å²) in [5.41, 5.74) is 3.14. The number of carbonyl (C=O) groups excluding carboxylic acids is 1. The molecular weight excluding hydrogens is 266 g/mol. The summed E-state index contributed by atoms with van der Waals surface area (Å²) in [4.78, 5) is 11.6. The minimum absolute atomic E-state index is 0. The highest BCUT2D eigenvalue weighted by Gasteiger charge is 2.09. The standard InChI is InChI=1S/C14H19NO3.ClH/c1-4-17-13(15)9-18-14(16)8-12-7-10(2)5-6-11(12)3;/h5-7,15H,4,8-9H2,1-3H3;1H. The quantitative estimate of drug-likeness (QED) is 0.514. The Labute approximate surface area is 120 Å². The van der Waals surface area contributed by atoms with E-state index in [4.69, 9.17) is 14.9 Å². The Morgan fingerprint density at radius 2 is 1.95 bits per heavy atom. The third-order valence-corrected chi connectivity index (χ3v) is 2.52. The highest BCUT2D eigenvalue weighted by Crippen LogP contribution is 2.11. The summed E-state index contributed by atoms with van der Waals surface area (Å²) >= 11 is 0. The summed E-state index contributed by atoms with van der Waals surface area (Å²) in [5.74, 6) is -0.361. The van der Waals surface area contributed by atoms with Gasteiger partial charge in [-0.2, -0.15) is 0 Å². The van der Waals surface area contributed by atoms with Gasteiger partial charge < -0.3 is 9.47 Å². The lowest BCUT2D eigenvalue weighted by Gasteiger charge is -2.08. The van der Waals surface area contributed by atoms with Crippen molar-refractivity contribution in [2.75, 3.05) is 13.2 Å². The van der Waals surface area contributed by atoms with Gasteiger partial charge in [-0.1, -0.05) is 23.8 Å². The molecule has 0 fully saturated rings. The van der Waals surface area contributed by atoms with Crippen LogP contribution in [0.1, 0.15) is 23.6 Å². The molecule has 0 radical (unpaired) electrons. The molecule has 1 aromatic carbocycles. The molecule has 0 aliphatic rings. The van der Waals surface area contributed by atoms with Gasteiger partial charge in [0.05, 0.1) is 13.0 Å². The van der Waals surface area contributed by atoms with Crippen LogP contribution in [0.2, 0.25) is 0 Å². The zero-order chi connectivity index (χ0) is 13.5. The van der Waals surface area contributed by atoms with E-state index in [0.29, 0.717) is 6.61 Å². The van der Waals surface area contributed by atoms with Gasteiger partial charge in [0.25, 0.3) is 0 Å². The van der Waals surface area contributed by atoms with Crippen molar-refractivity contribution >= 4 is 24.3 Å². The minimum atomic E-state index is -0.340. The molecule has 19 heavy (non-hydrogen) atoms. The van der Waals surface area contributed by atoms with Gasteiger partial charge >= 0.3 is 5.97 Å². The van der Waals surface area contributed by atoms with Crippen LogP contribution in [0.3, 0.4) is 0 Å². The molecule has 0 aliphatic carbocycles. The highest BCUT2D eigenvalue weighted by atomic mass is 35.5. The summed E-state index contributed by atoms with van der Waals surface area (Å²) < 4.78 is 9.86. The summed E-state index contributed by atoms with van der Waals surface area (Å²) in [7, 11) is 0. The van der Waals surface area contributed by atoms with Crippen molar-refractivity contribution in [1.29, 1.82) is 5.41 Å². The van der Waals surface area contributed by atoms with Gasteiger partial charge in [-0.05, 0) is 31.9 Å². The molecule has 0 amide bonds. The van der Waals surface area contributed by atoms with Crippen molar-refractivity contribution in [3.63, 3.8) is 0 Å². The van der Waals surface area contributed by atoms with Gasteiger partial charge in [0.2, 0.25) is 5.90 Å². The minimum Gasteiger partial charge on any atom is -0.479 e. The van der Waals surface area contributed by atoms with E-state index in [-0.39, 0.29) is 37.3 Å². The van der Waals surface area contributed by atoms with E-state index in [1.165, 1.54) is 0 Å². The monoisotopic (exact) mass is 285 g/mol. The first kappa shape index (κ1) is 17.4. The van der Waals surface area contributed by atoms with Crippen LogP contribution in [-0.2, 0) is 20.7 Å². The largest absolute Gasteiger partial charge is 0.479 e. The van der Waals surface area contributed by atoms with Gasteiger partial charge in [0, 0.05) is 0 Å². The van der Waals surface area contributed by atoms with Crippen LogP contribution in [-0.4, -0.2) is 25.1 Å². The van der Waals surface area contributed by atoms with Gasteiger partial charge in [-0.3, -0.25) is 10.2 Å². The lowest BCUT2D eigenvalue weighted by atomic mass is 10.0. The predicted octanol–water partition coefficient (Wildman–Crippen LogP) is 2.82. The molecule has 1 aromatic rings. The molecule has 1 N–H and O–H groups in total. The third kappa shape index (κ3) is 6.25. The fourth-order valence-corrected chi connectivity index (χ4v) is 1.56. The molecule has 4 nitrogen and oxygen atoms in total. The fraction of sp³-hybridized carbons (Fsp3) is 0.429. The lowest BCUT2D eigenvalue weighted by molar-refractivity contribution is -0.141. The van der Waals surface area contributed by atoms with Crippen LogP contribution in [0.25, 0.3) is 0 Å². The van der Waals surface area contributed by atoms with Crippen molar-refractivity contribution in [2.24, 2.45) is 0 Å². The predicted molar refractivity (Wildman–Crippen MR) is 77.2 cm³/mol. The topological polar surface area (TPSA) is 59.4 Å². The second kappa shape index (κ2) is 8.53. The Morgan fingerprint density at radius 1 is 1.26 bits per heavy atom. The number of halogens is 1. The smallest absolute Gasteiger partial charge is 0.310 e. The fourth-order valence-electron chi connectivity index (χ4n) is 1.56. The summed E-state index contributed by atoms with van der Waals surface area (Å²) in [6, 6.07) is 5.97. The number of aryl methyl sites for hydroxylation is 2. The third-order valence-electron chi connectivity index (χ3n) is 2.52. The van der Waals surface area contributed by atoms with Crippen molar-refractivity contribution in [1.82, 2.24) is 0 Å². The molecular formula is C14H20ClNO3. The molecule has 0 atom stereocenters. The summed E-state index contributed by atoms with van der Waals surface area (Å²) in [5, 5.41) is 7.34. The zero-order valence-electron chi connectivity index (χ0n) is 11.5. The van der Waals surface area contributed by atoms with Gasteiger partial charge in [-0.25, -0.2) is 0 Å². The molecule has 0 heterocycles. The van der Waals surface area contributed by atoms with E-state index in [9.17, 15) is 4.79 Å². The van der Waals surface area contributed by atoms with E-state index < -0.39 is 0 Å². The van der Waals surface area contributed by atoms with Crippen molar-refractivity contribution in [3.05, 3.63) is 34.9 Å². The number of rotatable bonds is 5. The normalized spacial score (nSPS) is 9.42. The first-order valence-corrected chi connectivity index (χ1v) is 5.95. The maximum Gasteiger partial charge on any atom is 0.310 e. The Balaban J connectivity index is 0.00000324. The number of benzene rings is 1. The first-order chi connectivity index (χ1) is 8.52. The molecule has 0 bridgehead atoms. The van der Waals surface area contributed by atoms with Crippen molar-refractivity contribution < 1.29 is 14.3 Å². The van der Waals surface area contributed by atoms with E-state index in [0.717, 1.165) is 16.7 Å². The molecule has 0 unspecified atom stereocenters. The maximum atomic E-state index is 11.6. The Kier molecular flexibility index (Phi) is 7.84. The van der Waals surface area contributed by atoms with E-state index >= 15 is 0 Å². The second-order valence-electron chi connectivity index (χ2n) is 4.12. The van der Waals surface area contributed by atoms with Crippen LogP contribution < -0.4 is 0 Å². The summed E-state index contributed by atoms with van der Waals surface area (Å²) in [6.07, 6.45) is 0.229. The van der Waals surface area contributed by atoms with Crippen LogP contribution in [0.15, 0.2) is 18.2 Å². The molecule has 0 aromatic heterocycles. The van der Waals surface area contributed by atoms with E-state index in [2.05, 4.69) is 0 Å². The van der Waals surface area contributed by atoms with Crippen molar-refractivity contribution in [2.45, 2.75) is 27.2 Å². The van der Waals surface area contributed by atoms with Crippen LogP contribution in [0.5, 0.6) is 0 Å². The molecule has 0 spiro atoms. The maximum absolute atomic E-state index is 11.6. The highest BCUT2D eigenvalue weighted by molar-refractivity contribution is 5.85.